The summed E-state index contributed by atoms with van der Waals surface area (Å²) in [4.78, 5) is 22.1. The Morgan fingerprint density at radius 1 is 1.24 bits per heavy atom. The van der Waals surface area contributed by atoms with E-state index >= 15 is 0 Å². The van der Waals surface area contributed by atoms with Crippen LogP contribution in [0, 0.1) is 10.1 Å². The molecule has 0 saturated heterocycles. The number of nitro groups is 1. The van der Waals surface area contributed by atoms with Gasteiger partial charge in [-0.1, -0.05) is 11.6 Å². The van der Waals surface area contributed by atoms with Crippen molar-refractivity contribution in [2.75, 3.05) is 6.61 Å². The molecule has 2 rings (SSSR count). The molecule has 0 atom stereocenters. The van der Waals surface area contributed by atoms with Crippen molar-refractivity contribution in [3.8, 4) is 5.75 Å². The van der Waals surface area contributed by atoms with Gasteiger partial charge < -0.3 is 4.74 Å². The van der Waals surface area contributed by atoms with Gasteiger partial charge in [-0.05, 0) is 46.3 Å². The van der Waals surface area contributed by atoms with Crippen LogP contribution in [0.2, 0.25) is 5.02 Å². The lowest BCUT2D eigenvalue weighted by Crippen LogP contribution is -2.11. The van der Waals surface area contributed by atoms with Gasteiger partial charge in [-0.2, -0.15) is 0 Å². The van der Waals surface area contributed by atoms with Crippen molar-refractivity contribution < 1.29 is 14.5 Å². The Balaban J connectivity index is 2.09. The molecular formula is C14H9BrClNO4. The number of Topliss-reactive ketones (excluding diaryl/α,β-unsaturated/α-hetero) is 1. The number of carbonyl (C=O) groups excluding carboxylic acids is 1. The summed E-state index contributed by atoms with van der Waals surface area (Å²) in [7, 11) is 0. The second-order valence-electron chi connectivity index (χ2n) is 4.09. The lowest BCUT2D eigenvalue weighted by molar-refractivity contribution is -0.384. The molecule has 0 aliphatic carbocycles. The number of rotatable bonds is 5. The van der Waals surface area contributed by atoms with Crippen LogP contribution in [-0.2, 0) is 0 Å². The molecular weight excluding hydrogens is 362 g/mol. The van der Waals surface area contributed by atoms with Crippen LogP contribution in [0.3, 0.4) is 0 Å². The summed E-state index contributed by atoms with van der Waals surface area (Å²) in [6, 6.07) is 10.5. The summed E-state index contributed by atoms with van der Waals surface area (Å²) < 4.78 is 5.88. The lowest BCUT2D eigenvalue weighted by atomic mass is 10.1. The highest BCUT2D eigenvalue weighted by molar-refractivity contribution is 9.10. The number of carbonyl (C=O) groups is 1. The first-order chi connectivity index (χ1) is 9.97. The highest BCUT2D eigenvalue weighted by Crippen LogP contribution is 2.29. The third kappa shape index (κ3) is 4.03. The minimum Gasteiger partial charge on any atom is -0.484 e. The summed E-state index contributed by atoms with van der Waals surface area (Å²) in [5, 5.41) is 11.2. The summed E-state index contributed by atoms with van der Waals surface area (Å²) in [5.74, 6) is -0.00316. The molecule has 0 N–H and O–H groups in total. The summed E-state index contributed by atoms with van der Waals surface area (Å²) in [6.07, 6.45) is 0. The molecule has 0 saturated carbocycles. The minimum atomic E-state index is -0.527. The fourth-order valence-corrected chi connectivity index (χ4v) is 2.07. The van der Waals surface area contributed by atoms with Crippen molar-refractivity contribution >= 4 is 39.0 Å². The van der Waals surface area contributed by atoms with Crippen molar-refractivity contribution in [3.05, 3.63) is 67.6 Å². The highest BCUT2D eigenvalue weighted by Gasteiger charge is 2.13. The van der Waals surface area contributed by atoms with E-state index in [9.17, 15) is 14.9 Å². The highest BCUT2D eigenvalue weighted by atomic mass is 79.9. The molecule has 7 heteroatoms. The van der Waals surface area contributed by atoms with E-state index in [1.54, 1.807) is 24.3 Å². The van der Waals surface area contributed by atoms with Gasteiger partial charge in [-0.25, -0.2) is 0 Å². The Kier molecular flexibility index (Phi) is 4.93. The monoisotopic (exact) mass is 369 g/mol. The maximum absolute atomic E-state index is 11.9. The zero-order valence-corrected chi connectivity index (χ0v) is 12.9. The molecule has 0 bridgehead atoms. The van der Waals surface area contributed by atoms with Crippen molar-refractivity contribution in [3.63, 3.8) is 0 Å². The fourth-order valence-electron chi connectivity index (χ4n) is 1.58. The number of ether oxygens (including phenoxy) is 1. The lowest BCUT2D eigenvalue weighted by Gasteiger charge is -2.07. The molecule has 0 heterocycles. The first-order valence-electron chi connectivity index (χ1n) is 5.83. The Hall–Kier alpha value is -1.92. The molecule has 0 aliphatic heterocycles. The van der Waals surface area contributed by atoms with Crippen LogP contribution in [0.5, 0.6) is 5.75 Å². The smallest absolute Gasteiger partial charge is 0.273 e. The maximum atomic E-state index is 11.9. The molecule has 21 heavy (non-hydrogen) atoms. The van der Waals surface area contributed by atoms with Gasteiger partial charge in [0.05, 0.1) is 15.5 Å². The van der Waals surface area contributed by atoms with Crippen molar-refractivity contribution in [1.29, 1.82) is 0 Å². The third-order valence-corrected chi connectivity index (χ3v) is 3.56. The van der Waals surface area contributed by atoms with Crippen LogP contribution < -0.4 is 4.74 Å². The Bertz CT molecular complexity index is 688. The van der Waals surface area contributed by atoms with Gasteiger partial charge in [0.15, 0.2) is 12.4 Å². The molecule has 0 spiro atoms. The minimum absolute atomic E-state index is 0.104. The van der Waals surface area contributed by atoms with E-state index in [-0.39, 0.29) is 23.8 Å². The number of nitro benzene ring substituents is 1. The number of non-ortho nitro benzene ring substituents is 1. The SMILES string of the molecule is O=C(COc1cc([N+](=O)[O-])ccc1Br)c1ccc(Cl)cc1. The second-order valence-corrected chi connectivity index (χ2v) is 5.38. The summed E-state index contributed by atoms with van der Waals surface area (Å²) in [6.45, 7) is -0.221. The number of hydrogen-bond acceptors (Lipinski definition) is 4. The van der Waals surface area contributed by atoms with Crippen LogP contribution in [0.25, 0.3) is 0 Å². The molecule has 2 aromatic carbocycles. The summed E-state index contributed by atoms with van der Waals surface area (Å²) in [5.41, 5.74) is 0.355. The zero-order valence-electron chi connectivity index (χ0n) is 10.6. The number of benzene rings is 2. The molecule has 0 unspecified atom stereocenters. The first kappa shape index (κ1) is 15.5. The number of hydrogen-bond donors (Lipinski definition) is 0. The van der Waals surface area contributed by atoms with Gasteiger partial charge in [0.1, 0.15) is 5.75 Å². The van der Waals surface area contributed by atoms with Gasteiger partial charge in [0.2, 0.25) is 0 Å². The van der Waals surface area contributed by atoms with E-state index in [4.69, 9.17) is 16.3 Å². The molecule has 0 fully saturated rings. The number of nitrogens with zero attached hydrogens (tertiary/aromatic N) is 1. The molecule has 5 nitrogen and oxygen atoms in total. The van der Waals surface area contributed by atoms with Gasteiger partial charge in [-0.3, -0.25) is 14.9 Å². The Labute approximate surface area is 133 Å². The Morgan fingerprint density at radius 3 is 2.52 bits per heavy atom. The zero-order chi connectivity index (χ0) is 15.4. The number of halogens is 2. The quantitative estimate of drug-likeness (QED) is 0.448. The molecule has 0 aliphatic rings. The van der Waals surface area contributed by atoms with Gasteiger partial charge in [0, 0.05) is 16.7 Å². The summed E-state index contributed by atoms with van der Waals surface area (Å²) >= 11 is 8.96. The van der Waals surface area contributed by atoms with E-state index < -0.39 is 4.92 Å². The predicted octanol–water partition coefficient (Wildman–Crippen LogP) is 4.27. The van der Waals surface area contributed by atoms with Crippen molar-refractivity contribution in [2.45, 2.75) is 0 Å². The topological polar surface area (TPSA) is 69.4 Å². The standard InChI is InChI=1S/C14H9BrClNO4/c15-12-6-5-11(17(19)20)7-14(12)21-8-13(18)9-1-3-10(16)4-2-9/h1-7H,8H2. The van der Waals surface area contributed by atoms with Crippen LogP contribution >= 0.6 is 27.5 Å². The van der Waals surface area contributed by atoms with E-state index in [0.717, 1.165) is 0 Å². The fraction of sp³-hybridized carbons (Fsp3) is 0.0714. The van der Waals surface area contributed by atoms with E-state index in [0.29, 0.717) is 15.1 Å². The molecule has 0 radical (unpaired) electrons. The van der Waals surface area contributed by atoms with E-state index in [1.807, 2.05) is 0 Å². The van der Waals surface area contributed by atoms with Gasteiger partial charge in [0.25, 0.3) is 5.69 Å². The average molecular weight is 371 g/mol. The van der Waals surface area contributed by atoms with E-state index in [2.05, 4.69) is 15.9 Å². The van der Waals surface area contributed by atoms with Crippen LogP contribution in [0.15, 0.2) is 46.9 Å². The largest absolute Gasteiger partial charge is 0.484 e. The average Bonchev–Trinajstić information content (AvgIpc) is 2.46. The van der Waals surface area contributed by atoms with E-state index in [1.165, 1.54) is 18.2 Å². The molecule has 0 aromatic heterocycles. The molecule has 0 amide bonds. The van der Waals surface area contributed by atoms with Crippen LogP contribution in [0.1, 0.15) is 10.4 Å². The van der Waals surface area contributed by atoms with Crippen molar-refractivity contribution in [2.24, 2.45) is 0 Å². The molecule has 108 valence electrons. The third-order valence-electron chi connectivity index (χ3n) is 2.65. The van der Waals surface area contributed by atoms with Gasteiger partial charge >= 0.3 is 0 Å². The predicted molar refractivity (Wildman–Crippen MR) is 82.1 cm³/mol. The van der Waals surface area contributed by atoms with Crippen molar-refractivity contribution in [1.82, 2.24) is 0 Å². The first-order valence-corrected chi connectivity index (χ1v) is 7.00. The van der Waals surface area contributed by atoms with Crippen LogP contribution in [0.4, 0.5) is 5.69 Å². The van der Waals surface area contributed by atoms with Crippen LogP contribution in [-0.4, -0.2) is 17.3 Å². The maximum Gasteiger partial charge on any atom is 0.273 e. The normalized spacial score (nSPS) is 10.2. The second kappa shape index (κ2) is 6.69. The number of ketones is 1. The Morgan fingerprint density at radius 2 is 1.90 bits per heavy atom. The van der Waals surface area contributed by atoms with Gasteiger partial charge in [-0.15, -0.1) is 0 Å². The molecule has 2 aromatic rings.